The first-order valence-electron chi connectivity index (χ1n) is 10.7. The van der Waals surface area contributed by atoms with Crippen molar-refractivity contribution < 1.29 is 0 Å². The number of hydrogen-bond donors (Lipinski definition) is 0. The number of rotatable bonds is 4. The van der Waals surface area contributed by atoms with Crippen LogP contribution in [0.15, 0.2) is 48.5 Å². The average Bonchev–Trinajstić information content (AvgIpc) is 3.22. The number of nitrogens with zero attached hydrogens (tertiary/aromatic N) is 6. The third kappa shape index (κ3) is 3.97. The number of aromatic nitrogens is 4. The van der Waals surface area contributed by atoms with Crippen molar-refractivity contribution in [1.29, 1.82) is 0 Å². The summed E-state index contributed by atoms with van der Waals surface area (Å²) in [5, 5.41) is 12.9. The van der Waals surface area contributed by atoms with Gasteiger partial charge in [-0.2, -0.15) is 0 Å². The standard InChI is InChI=1S/C24H32N6/c1-18-10-9-13-21(19(18)2)28-14-16-29(17-15-28)22(20-11-7-6-8-12-20)23-25-26-27-30(23)24(3,4)5/h6-13,22H,14-17H2,1-5H3/t22-/m0/s1. The number of benzene rings is 2. The van der Waals surface area contributed by atoms with E-state index in [1.165, 1.54) is 22.4 Å². The first-order valence-corrected chi connectivity index (χ1v) is 10.7. The van der Waals surface area contributed by atoms with Crippen LogP contribution in [0.4, 0.5) is 5.69 Å². The van der Waals surface area contributed by atoms with E-state index in [-0.39, 0.29) is 11.6 Å². The highest BCUT2D eigenvalue weighted by Gasteiger charge is 2.33. The Morgan fingerprint density at radius 2 is 1.57 bits per heavy atom. The van der Waals surface area contributed by atoms with Crippen LogP contribution in [0.1, 0.15) is 49.3 Å². The molecule has 0 bridgehead atoms. The number of aryl methyl sites for hydroxylation is 1. The molecule has 2 aromatic carbocycles. The lowest BCUT2D eigenvalue weighted by atomic mass is 10.0. The molecule has 1 saturated heterocycles. The Kier molecular flexibility index (Phi) is 5.60. The summed E-state index contributed by atoms with van der Waals surface area (Å²) in [5.41, 5.74) is 5.14. The summed E-state index contributed by atoms with van der Waals surface area (Å²) < 4.78 is 1.97. The van der Waals surface area contributed by atoms with Gasteiger partial charge in [-0.3, -0.25) is 4.90 Å². The lowest BCUT2D eigenvalue weighted by molar-refractivity contribution is 0.191. The van der Waals surface area contributed by atoms with Gasteiger partial charge in [0.1, 0.15) is 0 Å². The van der Waals surface area contributed by atoms with Crippen LogP contribution in [-0.2, 0) is 5.54 Å². The molecule has 6 nitrogen and oxygen atoms in total. The Hall–Kier alpha value is -2.73. The van der Waals surface area contributed by atoms with E-state index in [9.17, 15) is 0 Å². The maximum atomic E-state index is 4.48. The third-order valence-corrected chi connectivity index (χ3v) is 6.09. The summed E-state index contributed by atoms with van der Waals surface area (Å²) in [5.74, 6) is 0.911. The van der Waals surface area contributed by atoms with Crippen LogP contribution in [0.3, 0.4) is 0 Å². The van der Waals surface area contributed by atoms with Gasteiger partial charge in [0, 0.05) is 31.9 Å². The van der Waals surface area contributed by atoms with Crippen LogP contribution >= 0.6 is 0 Å². The third-order valence-electron chi connectivity index (χ3n) is 6.09. The molecule has 0 spiro atoms. The molecule has 1 atom stereocenters. The Bertz CT molecular complexity index is 980. The van der Waals surface area contributed by atoms with Crippen molar-refractivity contribution in [3.8, 4) is 0 Å². The molecular formula is C24H32N6. The lowest BCUT2D eigenvalue weighted by Gasteiger charge is -2.41. The molecule has 0 unspecified atom stereocenters. The van der Waals surface area contributed by atoms with Gasteiger partial charge >= 0.3 is 0 Å². The predicted molar refractivity (Wildman–Crippen MR) is 121 cm³/mol. The molecule has 158 valence electrons. The van der Waals surface area contributed by atoms with Gasteiger partial charge in [-0.25, -0.2) is 4.68 Å². The van der Waals surface area contributed by atoms with Crippen molar-refractivity contribution >= 4 is 5.69 Å². The first kappa shape index (κ1) is 20.5. The van der Waals surface area contributed by atoms with Crippen molar-refractivity contribution in [2.75, 3.05) is 31.1 Å². The molecule has 2 heterocycles. The largest absolute Gasteiger partial charge is 0.369 e. The second-order valence-corrected chi connectivity index (χ2v) is 9.17. The first-order chi connectivity index (χ1) is 14.4. The minimum absolute atomic E-state index is 0.0428. The Balaban J connectivity index is 1.63. The Morgan fingerprint density at radius 3 is 2.23 bits per heavy atom. The van der Waals surface area contributed by atoms with Gasteiger partial charge in [-0.05, 0) is 67.8 Å². The van der Waals surface area contributed by atoms with E-state index < -0.39 is 0 Å². The van der Waals surface area contributed by atoms with E-state index >= 15 is 0 Å². The molecule has 3 aromatic rings. The Morgan fingerprint density at radius 1 is 0.867 bits per heavy atom. The number of tetrazole rings is 1. The van der Waals surface area contributed by atoms with Crippen molar-refractivity contribution in [2.24, 2.45) is 0 Å². The molecule has 1 fully saturated rings. The fourth-order valence-electron chi connectivity index (χ4n) is 4.30. The highest BCUT2D eigenvalue weighted by Crippen LogP contribution is 2.32. The van der Waals surface area contributed by atoms with Crippen LogP contribution in [-0.4, -0.2) is 51.3 Å². The van der Waals surface area contributed by atoms with Crippen LogP contribution in [0.2, 0.25) is 0 Å². The highest BCUT2D eigenvalue weighted by molar-refractivity contribution is 5.56. The average molecular weight is 405 g/mol. The van der Waals surface area contributed by atoms with E-state index in [1.807, 2.05) is 4.68 Å². The van der Waals surface area contributed by atoms with Crippen molar-refractivity contribution in [1.82, 2.24) is 25.1 Å². The summed E-state index contributed by atoms with van der Waals surface area (Å²) in [4.78, 5) is 5.03. The lowest BCUT2D eigenvalue weighted by Crippen LogP contribution is -2.49. The molecule has 4 rings (SSSR count). The van der Waals surface area contributed by atoms with Crippen LogP contribution in [0.25, 0.3) is 0 Å². The zero-order chi connectivity index (χ0) is 21.3. The molecule has 0 radical (unpaired) electrons. The zero-order valence-corrected chi connectivity index (χ0v) is 18.7. The normalized spacial score (nSPS) is 16.6. The molecule has 0 amide bonds. The second-order valence-electron chi connectivity index (χ2n) is 9.17. The van der Waals surface area contributed by atoms with Gasteiger partial charge in [0.25, 0.3) is 0 Å². The minimum atomic E-state index is -0.174. The van der Waals surface area contributed by atoms with Crippen molar-refractivity contribution in [2.45, 2.75) is 46.2 Å². The summed E-state index contributed by atoms with van der Waals surface area (Å²) in [6.45, 7) is 14.8. The molecule has 1 aromatic heterocycles. The van der Waals surface area contributed by atoms with Crippen molar-refractivity contribution in [3.63, 3.8) is 0 Å². The summed E-state index contributed by atoms with van der Waals surface area (Å²) >= 11 is 0. The van der Waals surface area contributed by atoms with Crippen LogP contribution < -0.4 is 4.90 Å². The molecule has 30 heavy (non-hydrogen) atoms. The molecular weight excluding hydrogens is 372 g/mol. The Labute approximate surface area is 179 Å². The number of piperazine rings is 1. The molecule has 6 heteroatoms. The fourth-order valence-corrected chi connectivity index (χ4v) is 4.30. The SMILES string of the molecule is Cc1cccc(N2CCN([C@@H](c3ccccc3)c3nnnn3C(C)(C)C)CC2)c1C. The van der Waals surface area contributed by atoms with Gasteiger partial charge < -0.3 is 4.90 Å². The topological polar surface area (TPSA) is 50.1 Å². The second kappa shape index (κ2) is 8.19. The number of hydrogen-bond acceptors (Lipinski definition) is 5. The van der Waals surface area contributed by atoms with Crippen LogP contribution in [0, 0.1) is 13.8 Å². The predicted octanol–water partition coefficient (Wildman–Crippen LogP) is 3.96. The maximum absolute atomic E-state index is 4.48. The van der Waals surface area contributed by atoms with Gasteiger partial charge in [0.05, 0.1) is 11.6 Å². The summed E-state index contributed by atoms with van der Waals surface area (Å²) in [6.07, 6.45) is 0. The van der Waals surface area contributed by atoms with Gasteiger partial charge in [-0.1, -0.05) is 42.5 Å². The molecule has 1 aliphatic heterocycles. The van der Waals surface area contributed by atoms with E-state index in [0.717, 1.165) is 32.0 Å². The van der Waals surface area contributed by atoms with Gasteiger partial charge in [-0.15, -0.1) is 5.10 Å². The highest BCUT2D eigenvalue weighted by atomic mass is 15.6. The molecule has 0 aliphatic carbocycles. The summed E-state index contributed by atoms with van der Waals surface area (Å²) in [7, 11) is 0. The smallest absolute Gasteiger partial charge is 0.173 e. The summed E-state index contributed by atoms with van der Waals surface area (Å²) in [6, 6.07) is 17.3. The quantitative estimate of drug-likeness (QED) is 0.659. The van der Waals surface area contributed by atoms with E-state index in [4.69, 9.17) is 0 Å². The number of anilines is 1. The van der Waals surface area contributed by atoms with Gasteiger partial charge in [0.15, 0.2) is 5.82 Å². The van der Waals surface area contributed by atoms with E-state index in [1.54, 1.807) is 0 Å². The van der Waals surface area contributed by atoms with E-state index in [0.29, 0.717) is 0 Å². The van der Waals surface area contributed by atoms with Crippen molar-refractivity contribution in [3.05, 3.63) is 71.0 Å². The van der Waals surface area contributed by atoms with Crippen LogP contribution in [0.5, 0.6) is 0 Å². The molecule has 1 aliphatic rings. The molecule has 0 N–H and O–H groups in total. The van der Waals surface area contributed by atoms with Gasteiger partial charge in [0.2, 0.25) is 0 Å². The minimum Gasteiger partial charge on any atom is -0.369 e. The fraction of sp³-hybridized carbons (Fsp3) is 0.458. The maximum Gasteiger partial charge on any atom is 0.173 e. The monoisotopic (exact) mass is 404 g/mol. The zero-order valence-electron chi connectivity index (χ0n) is 18.7. The molecule has 0 saturated carbocycles. The van der Waals surface area contributed by atoms with E-state index in [2.05, 4.69) is 108 Å².